The lowest BCUT2D eigenvalue weighted by atomic mass is 9.86. The van der Waals surface area contributed by atoms with Gasteiger partial charge >= 0.3 is 6.03 Å². The van der Waals surface area contributed by atoms with E-state index >= 15 is 0 Å². The van der Waals surface area contributed by atoms with Gasteiger partial charge in [-0.25, -0.2) is 9.18 Å². The number of piperidine rings is 1. The monoisotopic (exact) mass is 595 g/mol. The van der Waals surface area contributed by atoms with Crippen LogP contribution in [0.2, 0.25) is 5.02 Å². The van der Waals surface area contributed by atoms with Gasteiger partial charge in [-0.2, -0.15) is 0 Å². The molecular formula is C29H36Cl2FN3O5. The van der Waals surface area contributed by atoms with Gasteiger partial charge in [0.15, 0.2) is 5.78 Å². The van der Waals surface area contributed by atoms with Crippen molar-refractivity contribution in [2.45, 2.75) is 57.0 Å². The molecular weight excluding hydrogens is 560 g/mol. The molecule has 1 atom stereocenters. The van der Waals surface area contributed by atoms with Crippen LogP contribution in [0.15, 0.2) is 36.4 Å². The summed E-state index contributed by atoms with van der Waals surface area (Å²) in [5.41, 5.74) is 0.231. The highest BCUT2D eigenvalue weighted by Gasteiger charge is 2.54. The zero-order chi connectivity index (χ0) is 28.2. The fraction of sp³-hybridized carbons (Fsp3) is 0.483. The molecule has 0 aliphatic carbocycles. The van der Waals surface area contributed by atoms with Gasteiger partial charge in [0.1, 0.15) is 28.4 Å². The molecule has 218 valence electrons. The Balaban J connectivity index is 0.00000441. The van der Waals surface area contributed by atoms with Crippen LogP contribution in [0.5, 0.6) is 11.5 Å². The largest absolute Gasteiger partial charge is 0.496 e. The molecule has 2 aromatic rings. The van der Waals surface area contributed by atoms with Crippen molar-refractivity contribution in [1.82, 2.24) is 15.1 Å². The number of ether oxygens (including phenoxy) is 2. The van der Waals surface area contributed by atoms with E-state index < -0.39 is 17.6 Å². The lowest BCUT2D eigenvalue weighted by Crippen LogP contribution is -2.55. The summed E-state index contributed by atoms with van der Waals surface area (Å²) in [7, 11) is 2.99. The Bertz CT molecular complexity index is 1190. The highest BCUT2D eigenvalue weighted by molar-refractivity contribution is 6.31. The maximum absolute atomic E-state index is 13.5. The van der Waals surface area contributed by atoms with Crippen molar-refractivity contribution in [3.05, 3.63) is 58.4 Å². The van der Waals surface area contributed by atoms with E-state index in [-0.39, 0.29) is 29.9 Å². The molecule has 2 aliphatic rings. The van der Waals surface area contributed by atoms with E-state index in [9.17, 15) is 18.8 Å². The minimum Gasteiger partial charge on any atom is -0.496 e. The number of hydrogen-bond donors (Lipinski definition) is 1. The van der Waals surface area contributed by atoms with Crippen LogP contribution in [-0.2, 0) is 4.79 Å². The van der Waals surface area contributed by atoms with E-state index in [1.54, 1.807) is 24.3 Å². The highest BCUT2D eigenvalue weighted by Crippen LogP contribution is 2.36. The SMILES string of the molecule is CCC(c1ccc(F)cc1)N1C(=O)NC2(CCN(CCCCC(=O)c3c(OC)cc(Cl)cc3OC)CC2)C1=O.Cl. The van der Waals surface area contributed by atoms with Crippen LogP contribution >= 0.6 is 24.0 Å². The smallest absolute Gasteiger partial charge is 0.325 e. The number of urea groups is 1. The average molecular weight is 597 g/mol. The summed E-state index contributed by atoms with van der Waals surface area (Å²) in [6.45, 7) is 4.03. The second kappa shape index (κ2) is 13.7. The van der Waals surface area contributed by atoms with Crippen molar-refractivity contribution in [3.63, 3.8) is 0 Å². The number of nitrogens with zero attached hydrogens (tertiary/aromatic N) is 2. The quantitative estimate of drug-likeness (QED) is 0.200. The number of rotatable bonds is 11. The number of ketones is 1. The number of carbonyl (C=O) groups excluding carboxylic acids is 3. The number of halogens is 3. The van der Waals surface area contributed by atoms with Crippen LogP contribution in [0, 0.1) is 5.82 Å². The third-order valence-electron chi connectivity index (χ3n) is 7.73. The molecule has 2 saturated heterocycles. The first-order chi connectivity index (χ1) is 18.7. The van der Waals surface area contributed by atoms with E-state index in [0.29, 0.717) is 67.3 Å². The molecule has 1 N–H and O–H groups in total. The normalized spacial score (nSPS) is 17.4. The van der Waals surface area contributed by atoms with Crippen LogP contribution in [0.1, 0.15) is 67.4 Å². The van der Waals surface area contributed by atoms with E-state index in [0.717, 1.165) is 18.5 Å². The summed E-state index contributed by atoms with van der Waals surface area (Å²) in [5.74, 6) is 0.160. The Morgan fingerprint density at radius 2 is 1.68 bits per heavy atom. The van der Waals surface area contributed by atoms with Crippen LogP contribution < -0.4 is 14.8 Å². The van der Waals surface area contributed by atoms with Gasteiger partial charge in [0.05, 0.1) is 20.3 Å². The summed E-state index contributed by atoms with van der Waals surface area (Å²) in [6, 6.07) is 8.33. The van der Waals surface area contributed by atoms with Gasteiger partial charge in [-0.15, -0.1) is 12.4 Å². The van der Waals surface area contributed by atoms with Crippen LogP contribution in [-0.4, -0.2) is 66.9 Å². The molecule has 4 rings (SSSR count). The van der Waals surface area contributed by atoms with Crippen molar-refractivity contribution in [2.24, 2.45) is 0 Å². The number of benzene rings is 2. The summed E-state index contributed by atoms with van der Waals surface area (Å²) < 4.78 is 24.1. The van der Waals surface area contributed by atoms with E-state index in [1.807, 2.05) is 6.92 Å². The molecule has 0 bridgehead atoms. The Labute approximate surface area is 245 Å². The van der Waals surface area contributed by atoms with Crippen molar-refractivity contribution in [2.75, 3.05) is 33.9 Å². The van der Waals surface area contributed by atoms with E-state index in [2.05, 4.69) is 10.2 Å². The number of unbranched alkanes of at least 4 members (excludes halogenated alkanes) is 1. The molecule has 2 aliphatic heterocycles. The van der Waals surface area contributed by atoms with Gasteiger partial charge in [0.2, 0.25) is 0 Å². The van der Waals surface area contributed by atoms with Crippen LogP contribution in [0.3, 0.4) is 0 Å². The second-order valence-corrected chi connectivity index (χ2v) is 10.5. The second-order valence-electron chi connectivity index (χ2n) is 10.1. The molecule has 1 spiro atoms. The molecule has 2 aromatic carbocycles. The Morgan fingerprint density at radius 1 is 1.07 bits per heavy atom. The summed E-state index contributed by atoms with van der Waals surface area (Å²) in [6.07, 6.45) is 3.43. The highest BCUT2D eigenvalue weighted by atomic mass is 35.5. The van der Waals surface area contributed by atoms with Crippen molar-refractivity contribution in [3.8, 4) is 11.5 Å². The fourth-order valence-corrected chi connectivity index (χ4v) is 5.77. The Kier molecular flexibility index (Phi) is 10.8. The first-order valence-electron chi connectivity index (χ1n) is 13.3. The minimum atomic E-state index is -0.904. The average Bonchev–Trinajstić information content (AvgIpc) is 3.17. The van der Waals surface area contributed by atoms with Crippen molar-refractivity contribution < 1.29 is 28.2 Å². The molecule has 40 heavy (non-hydrogen) atoms. The van der Waals surface area contributed by atoms with Crippen LogP contribution in [0.25, 0.3) is 0 Å². The standard InChI is InChI=1S/C29H35ClFN3O5.ClH/c1-4-22(19-8-10-21(31)11-9-19)34-27(36)29(32-28(34)37)12-15-33(16-13-29)14-6-5-7-23(35)26-24(38-2)17-20(30)18-25(26)39-3;/h8-11,17-18,22H,4-7,12-16H2,1-3H3,(H,32,37);1H. The number of amides is 3. The molecule has 11 heteroatoms. The maximum atomic E-state index is 13.5. The summed E-state index contributed by atoms with van der Waals surface area (Å²) >= 11 is 6.09. The van der Waals surface area contributed by atoms with Gasteiger partial charge < -0.3 is 19.7 Å². The number of Topliss-reactive ketones (excluding diaryl/α,β-unsaturated/α-hetero) is 1. The van der Waals surface area contributed by atoms with Gasteiger partial charge in [0, 0.05) is 24.5 Å². The summed E-state index contributed by atoms with van der Waals surface area (Å²) in [4.78, 5) is 42.9. The number of carbonyl (C=O) groups is 3. The number of methoxy groups -OCH3 is 2. The fourth-order valence-electron chi connectivity index (χ4n) is 5.57. The van der Waals surface area contributed by atoms with Gasteiger partial charge in [0.25, 0.3) is 5.91 Å². The number of imide groups is 1. The molecule has 0 aromatic heterocycles. The lowest BCUT2D eigenvalue weighted by Gasteiger charge is -2.37. The molecule has 2 fully saturated rings. The van der Waals surface area contributed by atoms with E-state index in [1.165, 1.54) is 31.3 Å². The first kappa shape index (κ1) is 31.6. The zero-order valence-electron chi connectivity index (χ0n) is 23.0. The number of nitrogens with one attached hydrogen (secondary N) is 1. The molecule has 3 amide bonds. The molecule has 1 unspecified atom stereocenters. The Hall–Kier alpha value is -2.88. The summed E-state index contributed by atoms with van der Waals surface area (Å²) in [5, 5.41) is 3.40. The molecule has 0 radical (unpaired) electrons. The molecule has 2 heterocycles. The third kappa shape index (κ3) is 6.53. The topological polar surface area (TPSA) is 88.2 Å². The van der Waals surface area contributed by atoms with Crippen LogP contribution in [0.4, 0.5) is 9.18 Å². The van der Waals surface area contributed by atoms with Gasteiger partial charge in [-0.3, -0.25) is 14.5 Å². The molecule has 8 nitrogen and oxygen atoms in total. The maximum Gasteiger partial charge on any atom is 0.325 e. The number of likely N-dealkylation sites (tertiary alicyclic amines) is 1. The van der Waals surface area contributed by atoms with E-state index in [4.69, 9.17) is 21.1 Å². The zero-order valence-corrected chi connectivity index (χ0v) is 24.6. The third-order valence-corrected chi connectivity index (χ3v) is 7.95. The predicted octanol–water partition coefficient (Wildman–Crippen LogP) is 5.81. The van der Waals surface area contributed by atoms with Crippen molar-refractivity contribution >= 4 is 41.7 Å². The van der Waals surface area contributed by atoms with Gasteiger partial charge in [-0.05, 0) is 68.5 Å². The molecule has 0 saturated carbocycles. The lowest BCUT2D eigenvalue weighted by molar-refractivity contribution is -0.134. The predicted molar refractivity (Wildman–Crippen MR) is 153 cm³/mol. The minimum absolute atomic E-state index is 0. The van der Waals surface area contributed by atoms with Gasteiger partial charge in [-0.1, -0.05) is 30.7 Å². The number of hydrogen-bond acceptors (Lipinski definition) is 6. The Morgan fingerprint density at radius 3 is 2.23 bits per heavy atom. The first-order valence-corrected chi connectivity index (χ1v) is 13.7. The van der Waals surface area contributed by atoms with Crippen molar-refractivity contribution in [1.29, 1.82) is 0 Å².